The van der Waals surface area contributed by atoms with Crippen molar-refractivity contribution in [3.63, 3.8) is 0 Å². The zero-order chi connectivity index (χ0) is 16.2. The van der Waals surface area contributed by atoms with Gasteiger partial charge in [0.1, 0.15) is 0 Å². The molecule has 0 aliphatic rings. The molecule has 0 amide bonds. The van der Waals surface area contributed by atoms with Crippen LogP contribution < -0.4 is 5.73 Å². The quantitative estimate of drug-likeness (QED) is 0.585. The second-order valence-corrected chi connectivity index (χ2v) is 4.80. The molecule has 0 spiro atoms. The summed E-state index contributed by atoms with van der Waals surface area (Å²) in [6, 6.07) is 14.2. The molecule has 116 valence electrons. The third-order valence-corrected chi connectivity index (χ3v) is 3.26. The standard InChI is InChI=1S/C16H15N5O2/c1-2-23-16(22)12-5-9-14(10-6-12)21-15(18-19-20-21)11-3-7-13(17)8-4-11/h3-10H,2,17H2,1H3. The van der Waals surface area contributed by atoms with Crippen LogP contribution in [0.1, 0.15) is 17.3 Å². The van der Waals surface area contributed by atoms with E-state index in [2.05, 4.69) is 15.5 Å². The molecule has 23 heavy (non-hydrogen) atoms. The summed E-state index contributed by atoms with van der Waals surface area (Å²) in [5.74, 6) is 0.239. The number of benzene rings is 2. The van der Waals surface area contributed by atoms with E-state index in [9.17, 15) is 4.79 Å². The predicted octanol–water partition coefficient (Wildman–Crippen LogP) is 2.09. The Bertz CT molecular complexity index is 809. The first-order valence-corrected chi connectivity index (χ1v) is 7.11. The lowest BCUT2D eigenvalue weighted by atomic mass is 10.2. The smallest absolute Gasteiger partial charge is 0.338 e. The molecule has 7 heteroatoms. The van der Waals surface area contributed by atoms with Crippen LogP contribution in [0.5, 0.6) is 0 Å². The van der Waals surface area contributed by atoms with Gasteiger partial charge in [0.2, 0.25) is 0 Å². The normalized spacial score (nSPS) is 10.5. The van der Waals surface area contributed by atoms with Crippen LogP contribution in [0.3, 0.4) is 0 Å². The molecule has 0 aliphatic heterocycles. The molecule has 0 saturated carbocycles. The Labute approximate surface area is 132 Å². The van der Waals surface area contributed by atoms with E-state index in [1.165, 1.54) is 0 Å². The molecule has 0 unspecified atom stereocenters. The molecule has 1 aromatic heterocycles. The average molecular weight is 309 g/mol. The summed E-state index contributed by atoms with van der Waals surface area (Å²) in [5, 5.41) is 11.8. The highest BCUT2D eigenvalue weighted by Crippen LogP contribution is 2.20. The van der Waals surface area contributed by atoms with Gasteiger partial charge in [0.15, 0.2) is 5.82 Å². The van der Waals surface area contributed by atoms with Crippen molar-refractivity contribution in [2.75, 3.05) is 12.3 Å². The fourth-order valence-corrected chi connectivity index (χ4v) is 2.13. The number of tetrazole rings is 1. The van der Waals surface area contributed by atoms with Crippen molar-refractivity contribution in [3.8, 4) is 17.1 Å². The molecule has 0 saturated heterocycles. The number of esters is 1. The van der Waals surface area contributed by atoms with Gasteiger partial charge in [0.05, 0.1) is 17.9 Å². The van der Waals surface area contributed by atoms with Crippen molar-refractivity contribution in [3.05, 3.63) is 54.1 Å². The third kappa shape index (κ3) is 3.03. The fourth-order valence-electron chi connectivity index (χ4n) is 2.13. The molecule has 1 heterocycles. The molecule has 3 aromatic rings. The summed E-state index contributed by atoms with van der Waals surface area (Å²) in [5.41, 5.74) is 8.44. The van der Waals surface area contributed by atoms with Gasteiger partial charge in [-0.25, -0.2) is 4.79 Å². The lowest BCUT2D eigenvalue weighted by Gasteiger charge is -2.06. The molecule has 2 aromatic carbocycles. The highest BCUT2D eigenvalue weighted by Gasteiger charge is 2.12. The summed E-state index contributed by atoms with van der Waals surface area (Å²) in [7, 11) is 0. The highest BCUT2D eigenvalue weighted by atomic mass is 16.5. The Kier molecular flexibility index (Phi) is 4.01. The molecule has 0 radical (unpaired) electrons. The van der Waals surface area contributed by atoms with E-state index >= 15 is 0 Å². The number of carbonyl (C=O) groups is 1. The number of hydrogen-bond donors (Lipinski definition) is 1. The minimum Gasteiger partial charge on any atom is -0.462 e. The van der Waals surface area contributed by atoms with E-state index < -0.39 is 0 Å². The number of carbonyl (C=O) groups excluding carboxylic acids is 1. The van der Waals surface area contributed by atoms with E-state index in [-0.39, 0.29) is 5.97 Å². The monoisotopic (exact) mass is 309 g/mol. The van der Waals surface area contributed by atoms with Crippen molar-refractivity contribution in [2.45, 2.75) is 6.92 Å². The van der Waals surface area contributed by atoms with Gasteiger partial charge in [-0.3, -0.25) is 0 Å². The van der Waals surface area contributed by atoms with E-state index in [0.717, 1.165) is 11.3 Å². The van der Waals surface area contributed by atoms with Crippen LogP contribution in [-0.4, -0.2) is 32.8 Å². The summed E-state index contributed by atoms with van der Waals surface area (Å²) >= 11 is 0. The summed E-state index contributed by atoms with van der Waals surface area (Å²) in [6.45, 7) is 2.11. The first-order valence-electron chi connectivity index (χ1n) is 7.11. The van der Waals surface area contributed by atoms with Crippen molar-refractivity contribution in [1.82, 2.24) is 20.2 Å². The molecule has 0 bridgehead atoms. The Hall–Kier alpha value is -3.22. The number of ether oxygens (including phenoxy) is 1. The van der Waals surface area contributed by atoms with Crippen LogP contribution in [0.15, 0.2) is 48.5 Å². The zero-order valence-electron chi connectivity index (χ0n) is 12.5. The van der Waals surface area contributed by atoms with Crippen LogP contribution in [0.4, 0.5) is 5.69 Å². The molecular formula is C16H15N5O2. The highest BCUT2D eigenvalue weighted by molar-refractivity contribution is 5.89. The Morgan fingerprint density at radius 1 is 1.13 bits per heavy atom. The molecule has 3 rings (SSSR count). The Morgan fingerprint density at radius 3 is 2.48 bits per heavy atom. The SMILES string of the molecule is CCOC(=O)c1ccc(-n2nnnc2-c2ccc(N)cc2)cc1. The van der Waals surface area contributed by atoms with E-state index in [1.54, 1.807) is 48.0 Å². The Balaban J connectivity index is 1.92. The average Bonchev–Trinajstić information content (AvgIpc) is 3.05. The predicted molar refractivity (Wildman–Crippen MR) is 85.0 cm³/mol. The van der Waals surface area contributed by atoms with Crippen molar-refractivity contribution < 1.29 is 9.53 Å². The van der Waals surface area contributed by atoms with Gasteiger partial charge in [0, 0.05) is 11.3 Å². The lowest BCUT2D eigenvalue weighted by molar-refractivity contribution is 0.0526. The van der Waals surface area contributed by atoms with Gasteiger partial charge < -0.3 is 10.5 Å². The zero-order valence-corrected chi connectivity index (χ0v) is 12.5. The van der Waals surface area contributed by atoms with E-state index in [4.69, 9.17) is 10.5 Å². The van der Waals surface area contributed by atoms with Crippen LogP contribution in [-0.2, 0) is 4.74 Å². The first-order chi connectivity index (χ1) is 11.2. The van der Waals surface area contributed by atoms with Crippen LogP contribution in [0.25, 0.3) is 17.1 Å². The molecule has 7 nitrogen and oxygen atoms in total. The number of rotatable bonds is 4. The lowest BCUT2D eigenvalue weighted by Crippen LogP contribution is -2.05. The number of nitrogen functional groups attached to an aromatic ring is 1. The second kappa shape index (κ2) is 6.27. The Morgan fingerprint density at radius 2 is 1.83 bits per heavy atom. The molecule has 2 N–H and O–H groups in total. The molecule has 0 fully saturated rings. The van der Waals surface area contributed by atoms with E-state index in [1.807, 2.05) is 12.1 Å². The van der Waals surface area contributed by atoms with Crippen LogP contribution in [0, 0.1) is 0 Å². The molecule has 0 atom stereocenters. The maximum absolute atomic E-state index is 11.7. The van der Waals surface area contributed by atoms with Gasteiger partial charge >= 0.3 is 5.97 Å². The maximum atomic E-state index is 11.7. The van der Waals surface area contributed by atoms with E-state index in [0.29, 0.717) is 23.7 Å². The number of nitrogens with two attached hydrogens (primary N) is 1. The van der Waals surface area contributed by atoms with Crippen molar-refractivity contribution in [2.24, 2.45) is 0 Å². The van der Waals surface area contributed by atoms with Gasteiger partial charge in [0.25, 0.3) is 0 Å². The number of nitrogens with zero attached hydrogens (tertiary/aromatic N) is 4. The van der Waals surface area contributed by atoms with Gasteiger partial charge in [-0.2, -0.15) is 4.68 Å². The van der Waals surface area contributed by atoms with Crippen molar-refractivity contribution >= 4 is 11.7 Å². The summed E-state index contributed by atoms with van der Waals surface area (Å²) < 4.78 is 6.56. The first kappa shape index (κ1) is 14.7. The fraction of sp³-hybridized carbons (Fsp3) is 0.125. The summed E-state index contributed by atoms with van der Waals surface area (Å²) in [4.78, 5) is 11.7. The minimum absolute atomic E-state index is 0.342. The van der Waals surface area contributed by atoms with Gasteiger partial charge in [-0.15, -0.1) is 5.10 Å². The van der Waals surface area contributed by atoms with Crippen LogP contribution in [0.2, 0.25) is 0 Å². The van der Waals surface area contributed by atoms with Crippen molar-refractivity contribution in [1.29, 1.82) is 0 Å². The molecular weight excluding hydrogens is 294 g/mol. The second-order valence-electron chi connectivity index (χ2n) is 4.80. The minimum atomic E-state index is -0.352. The van der Waals surface area contributed by atoms with Crippen LogP contribution >= 0.6 is 0 Å². The topological polar surface area (TPSA) is 95.9 Å². The largest absolute Gasteiger partial charge is 0.462 e. The number of aromatic nitrogens is 4. The maximum Gasteiger partial charge on any atom is 0.338 e. The summed E-state index contributed by atoms with van der Waals surface area (Å²) in [6.07, 6.45) is 0. The van der Waals surface area contributed by atoms with Gasteiger partial charge in [-0.05, 0) is 65.9 Å². The third-order valence-electron chi connectivity index (χ3n) is 3.26. The molecule has 0 aliphatic carbocycles. The number of anilines is 1. The number of hydrogen-bond acceptors (Lipinski definition) is 6. The van der Waals surface area contributed by atoms with Gasteiger partial charge in [-0.1, -0.05) is 0 Å².